The van der Waals surface area contributed by atoms with Gasteiger partial charge in [-0.25, -0.2) is 0 Å². The second-order valence-corrected chi connectivity index (χ2v) is 4.67. The van der Waals surface area contributed by atoms with Gasteiger partial charge in [-0.15, -0.1) is 0 Å². The average molecular weight is 210 g/mol. The van der Waals surface area contributed by atoms with Crippen LogP contribution in [0.15, 0.2) is 0 Å². The summed E-state index contributed by atoms with van der Waals surface area (Å²) in [6.45, 7) is 3.22. The second kappa shape index (κ2) is 6.81. The van der Waals surface area contributed by atoms with Crippen LogP contribution in [-0.2, 0) is 0 Å². The topological polar surface area (TPSA) is 56.0 Å². The molecule has 3 nitrogen and oxygen atoms in total. The monoisotopic (exact) mass is 210 g/mol. The number of rotatable bonds is 5. The van der Waals surface area contributed by atoms with Crippen LogP contribution in [0.5, 0.6) is 0 Å². The molecule has 1 aliphatic rings. The summed E-state index contributed by atoms with van der Waals surface area (Å²) in [5.41, 5.74) is 0. The molecule has 3 atom stereocenters. The van der Waals surface area contributed by atoms with E-state index in [1.54, 1.807) is 0 Å². The van der Waals surface area contributed by atoms with E-state index in [0.717, 1.165) is 18.9 Å². The highest BCUT2D eigenvalue weighted by Gasteiger charge is 2.25. The van der Waals surface area contributed by atoms with Gasteiger partial charge in [0.05, 0.1) is 12.1 Å². The van der Waals surface area contributed by atoms with E-state index in [-0.39, 0.29) is 12.6 Å². The summed E-state index contributed by atoms with van der Waals surface area (Å²) < 4.78 is 0. The van der Waals surface area contributed by atoms with Crippen molar-refractivity contribution in [1.82, 2.24) is 5.32 Å². The van der Waals surface area contributed by atoms with E-state index >= 15 is 0 Å². The number of aliphatic hydroxyl groups excluding tert-OH is 1. The van der Waals surface area contributed by atoms with Gasteiger partial charge < -0.3 is 10.4 Å². The largest absolute Gasteiger partial charge is 0.396 e. The maximum atomic E-state index is 9.09. The van der Waals surface area contributed by atoms with Crippen molar-refractivity contribution in [2.45, 2.75) is 45.1 Å². The van der Waals surface area contributed by atoms with Crippen LogP contribution in [0.3, 0.4) is 0 Å². The van der Waals surface area contributed by atoms with Gasteiger partial charge >= 0.3 is 0 Å². The zero-order valence-corrected chi connectivity index (χ0v) is 9.58. The molecule has 0 aromatic heterocycles. The van der Waals surface area contributed by atoms with Gasteiger partial charge in [0.2, 0.25) is 0 Å². The zero-order chi connectivity index (χ0) is 11.1. The minimum absolute atomic E-state index is 0.0145. The Labute approximate surface area is 92.5 Å². The number of nitrogens with one attached hydrogen (secondary N) is 1. The predicted molar refractivity (Wildman–Crippen MR) is 60.2 cm³/mol. The van der Waals surface area contributed by atoms with Crippen LogP contribution in [0.25, 0.3) is 0 Å². The minimum Gasteiger partial charge on any atom is -0.396 e. The quantitative estimate of drug-likeness (QED) is 0.679. The van der Waals surface area contributed by atoms with Crippen molar-refractivity contribution in [3.05, 3.63) is 0 Å². The Balaban J connectivity index is 2.33. The van der Waals surface area contributed by atoms with Crippen molar-refractivity contribution < 1.29 is 5.11 Å². The van der Waals surface area contributed by atoms with Crippen molar-refractivity contribution >= 4 is 0 Å². The summed E-state index contributed by atoms with van der Waals surface area (Å²) in [6, 6.07) is 2.34. The van der Waals surface area contributed by atoms with Crippen LogP contribution < -0.4 is 5.32 Å². The molecule has 0 saturated heterocycles. The highest BCUT2D eigenvalue weighted by Crippen LogP contribution is 2.30. The molecule has 1 rings (SSSR count). The normalized spacial score (nSPS) is 28.3. The molecule has 0 amide bonds. The summed E-state index contributed by atoms with van der Waals surface area (Å²) in [4.78, 5) is 0. The number of hydrogen-bond acceptors (Lipinski definition) is 3. The maximum Gasteiger partial charge on any atom is 0.0981 e. The Bertz CT molecular complexity index is 212. The average Bonchev–Trinajstić information content (AvgIpc) is 2.24. The molecule has 1 aliphatic carbocycles. The van der Waals surface area contributed by atoms with E-state index < -0.39 is 0 Å². The molecule has 0 bridgehead atoms. The fourth-order valence-corrected chi connectivity index (χ4v) is 2.44. The van der Waals surface area contributed by atoms with Crippen molar-refractivity contribution in [2.24, 2.45) is 11.8 Å². The molecular weight excluding hydrogens is 188 g/mol. The summed E-state index contributed by atoms with van der Waals surface area (Å²) in [6.07, 6.45) is 5.65. The summed E-state index contributed by atoms with van der Waals surface area (Å²) in [7, 11) is 0. The van der Waals surface area contributed by atoms with Crippen molar-refractivity contribution in [3.8, 4) is 6.07 Å². The lowest BCUT2D eigenvalue weighted by atomic mass is 9.79. The second-order valence-electron chi connectivity index (χ2n) is 4.67. The van der Waals surface area contributed by atoms with E-state index in [2.05, 4.69) is 18.3 Å². The lowest BCUT2D eigenvalue weighted by molar-refractivity contribution is 0.240. The highest BCUT2D eigenvalue weighted by molar-refractivity contribution is 4.96. The van der Waals surface area contributed by atoms with Crippen LogP contribution in [0, 0.1) is 23.2 Å². The first-order chi connectivity index (χ1) is 7.27. The van der Waals surface area contributed by atoms with Crippen molar-refractivity contribution in [3.63, 3.8) is 0 Å². The van der Waals surface area contributed by atoms with Gasteiger partial charge in [-0.2, -0.15) is 5.26 Å². The standard InChI is InChI=1S/C12H22N2O/c1-10-4-2-5-11(8-10)12(9-13)14-6-3-7-15/h10-12,14-15H,2-8H2,1H3. The van der Waals surface area contributed by atoms with E-state index in [9.17, 15) is 0 Å². The minimum atomic E-state index is -0.0145. The van der Waals surface area contributed by atoms with Crippen LogP contribution >= 0.6 is 0 Å². The number of nitriles is 1. The van der Waals surface area contributed by atoms with E-state index in [4.69, 9.17) is 10.4 Å². The van der Waals surface area contributed by atoms with Gasteiger partial charge in [-0.05, 0) is 37.6 Å². The molecular formula is C12H22N2O. The molecule has 0 aromatic rings. The van der Waals surface area contributed by atoms with Crippen molar-refractivity contribution in [2.75, 3.05) is 13.2 Å². The number of nitrogens with zero attached hydrogens (tertiary/aromatic N) is 1. The Morgan fingerprint density at radius 2 is 2.33 bits per heavy atom. The van der Waals surface area contributed by atoms with Gasteiger partial charge in [-0.1, -0.05) is 19.8 Å². The maximum absolute atomic E-state index is 9.09. The molecule has 3 heteroatoms. The smallest absolute Gasteiger partial charge is 0.0981 e. The van der Waals surface area contributed by atoms with Gasteiger partial charge in [0.1, 0.15) is 0 Å². The first-order valence-electron chi connectivity index (χ1n) is 6.01. The molecule has 0 aromatic carbocycles. The number of hydrogen-bond donors (Lipinski definition) is 2. The fraction of sp³-hybridized carbons (Fsp3) is 0.917. The molecule has 0 spiro atoms. The first kappa shape index (κ1) is 12.5. The third-order valence-electron chi connectivity index (χ3n) is 3.29. The van der Waals surface area contributed by atoms with Crippen LogP contribution in [0.4, 0.5) is 0 Å². The van der Waals surface area contributed by atoms with Gasteiger partial charge in [-0.3, -0.25) is 0 Å². The molecule has 2 N–H and O–H groups in total. The van der Waals surface area contributed by atoms with Gasteiger partial charge in [0, 0.05) is 6.61 Å². The van der Waals surface area contributed by atoms with E-state index in [1.165, 1.54) is 25.7 Å². The number of aliphatic hydroxyl groups is 1. The third kappa shape index (κ3) is 4.19. The third-order valence-corrected chi connectivity index (χ3v) is 3.29. The SMILES string of the molecule is CC1CCCC(C(C#N)NCCCO)C1. The van der Waals surface area contributed by atoms with E-state index in [0.29, 0.717) is 5.92 Å². The summed E-state index contributed by atoms with van der Waals surface area (Å²) in [5, 5.41) is 21.0. The lowest BCUT2D eigenvalue weighted by Gasteiger charge is -2.30. The Hall–Kier alpha value is -0.590. The molecule has 1 fully saturated rings. The molecule has 15 heavy (non-hydrogen) atoms. The van der Waals surface area contributed by atoms with Crippen molar-refractivity contribution in [1.29, 1.82) is 5.26 Å². The van der Waals surface area contributed by atoms with Crippen LogP contribution in [-0.4, -0.2) is 24.3 Å². The molecule has 86 valence electrons. The predicted octanol–water partition coefficient (Wildman–Crippen LogP) is 1.68. The van der Waals surface area contributed by atoms with Crippen LogP contribution in [0.2, 0.25) is 0 Å². The van der Waals surface area contributed by atoms with Gasteiger partial charge in [0.15, 0.2) is 0 Å². The van der Waals surface area contributed by atoms with E-state index in [1.807, 2.05) is 0 Å². The molecule has 1 saturated carbocycles. The first-order valence-corrected chi connectivity index (χ1v) is 6.01. The van der Waals surface area contributed by atoms with Gasteiger partial charge in [0.25, 0.3) is 0 Å². The summed E-state index contributed by atoms with van der Waals surface area (Å²) in [5.74, 6) is 1.27. The zero-order valence-electron chi connectivity index (χ0n) is 9.58. The summed E-state index contributed by atoms with van der Waals surface area (Å²) >= 11 is 0. The lowest BCUT2D eigenvalue weighted by Crippen LogP contribution is -2.38. The highest BCUT2D eigenvalue weighted by atomic mass is 16.3. The Morgan fingerprint density at radius 3 is 2.93 bits per heavy atom. The molecule has 0 aliphatic heterocycles. The Kier molecular flexibility index (Phi) is 5.67. The molecule has 0 radical (unpaired) electrons. The molecule has 3 unspecified atom stereocenters. The van der Waals surface area contributed by atoms with Crippen LogP contribution in [0.1, 0.15) is 39.0 Å². The fourth-order valence-electron chi connectivity index (χ4n) is 2.44. The molecule has 0 heterocycles. The Morgan fingerprint density at radius 1 is 1.53 bits per heavy atom.